The molecule has 0 aliphatic heterocycles. The van der Waals surface area contributed by atoms with Gasteiger partial charge in [0, 0.05) is 12.6 Å². The Bertz CT molecular complexity index is 877. The van der Waals surface area contributed by atoms with Crippen molar-refractivity contribution in [1.82, 2.24) is 0 Å². The third kappa shape index (κ3) is 1.88. The van der Waals surface area contributed by atoms with E-state index in [1.54, 1.807) is 11.1 Å². The van der Waals surface area contributed by atoms with Crippen LogP contribution >= 0.6 is 45.2 Å². The molecule has 0 saturated heterocycles. The summed E-state index contributed by atoms with van der Waals surface area (Å²) < 4.78 is 2.83. The van der Waals surface area contributed by atoms with Crippen LogP contribution in [0.1, 0.15) is 22.3 Å². The van der Waals surface area contributed by atoms with Crippen LogP contribution in [0, 0.1) is 7.14 Å². The van der Waals surface area contributed by atoms with Crippen molar-refractivity contribution in [3.05, 3.63) is 90.1 Å². The molecule has 0 radical (unpaired) electrons. The summed E-state index contributed by atoms with van der Waals surface area (Å²) in [7, 11) is 0. The Morgan fingerprint density at radius 3 is 1.52 bits per heavy atom. The number of hydrogen-bond acceptors (Lipinski definition) is 0. The van der Waals surface area contributed by atoms with E-state index in [1.165, 1.54) is 29.4 Å². The van der Waals surface area contributed by atoms with Crippen LogP contribution in [-0.4, -0.2) is 0 Å². The van der Waals surface area contributed by atoms with Crippen molar-refractivity contribution in [3.8, 4) is 11.1 Å². The summed E-state index contributed by atoms with van der Waals surface area (Å²) in [6, 6.07) is 22.6. The Morgan fingerprint density at radius 1 is 0.609 bits per heavy atom. The molecule has 23 heavy (non-hydrogen) atoms. The first-order valence-electron chi connectivity index (χ1n) is 7.86. The van der Waals surface area contributed by atoms with Crippen molar-refractivity contribution in [2.45, 2.75) is 18.3 Å². The average molecular weight is 520 g/mol. The Labute approximate surface area is 163 Å². The maximum atomic E-state index is 2.51. The van der Waals surface area contributed by atoms with Crippen LogP contribution in [0.5, 0.6) is 0 Å². The van der Waals surface area contributed by atoms with E-state index in [4.69, 9.17) is 0 Å². The quantitative estimate of drug-likeness (QED) is 0.321. The number of hydrogen-bond donors (Lipinski definition) is 0. The summed E-state index contributed by atoms with van der Waals surface area (Å²) in [5.41, 5.74) is 9.15. The SMILES string of the molecule is Ic1ccc(I)c2c1CC1(C2)c2ccccc2-c2ccccc21. The van der Waals surface area contributed by atoms with Crippen molar-refractivity contribution in [2.75, 3.05) is 0 Å². The standard InChI is InChI=1S/C21H14I2/c22-19-9-10-20(23)16-12-21(11-15(16)19)17-7-3-1-5-13(17)14-6-2-4-8-18(14)21/h1-10H,11-12H2. The Balaban J connectivity index is 1.82. The molecule has 0 heterocycles. The van der Waals surface area contributed by atoms with E-state index in [9.17, 15) is 0 Å². The first-order chi connectivity index (χ1) is 11.2. The first kappa shape index (κ1) is 14.5. The van der Waals surface area contributed by atoms with Crippen LogP contribution in [0.25, 0.3) is 11.1 Å². The lowest BCUT2D eigenvalue weighted by Gasteiger charge is -2.26. The van der Waals surface area contributed by atoms with Gasteiger partial charge in [0.25, 0.3) is 0 Å². The molecule has 3 aromatic carbocycles. The van der Waals surface area contributed by atoms with E-state index in [1.807, 2.05) is 0 Å². The molecule has 0 bridgehead atoms. The van der Waals surface area contributed by atoms with E-state index >= 15 is 0 Å². The lowest BCUT2D eigenvalue weighted by Crippen LogP contribution is -2.25. The predicted molar refractivity (Wildman–Crippen MR) is 112 cm³/mol. The maximum absolute atomic E-state index is 2.51. The van der Waals surface area contributed by atoms with E-state index in [0.717, 1.165) is 12.8 Å². The largest absolute Gasteiger partial charge is 0.0619 e. The summed E-state index contributed by atoms with van der Waals surface area (Å²) in [5.74, 6) is 0. The van der Waals surface area contributed by atoms with Crippen LogP contribution in [0.15, 0.2) is 60.7 Å². The Morgan fingerprint density at radius 2 is 1.04 bits per heavy atom. The van der Waals surface area contributed by atoms with Gasteiger partial charge in [-0.25, -0.2) is 0 Å². The Kier molecular flexibility index (Phi) is 3.18. The fourth-order valence-electron chi connectivity index (χ4n) is 4.48. The van der Waals surface area contributed by atoms with E-state index in [2.05, 4.69) is 106 Å². The highest BCUT2D eigenvalue weighted by Gasteiger charge is 2.47. The van der Waals surface area contributed by atoms with E-state index < -0.39 is 0 Å². The Hall–Kier alpha value is -0.880. The van der Waals surface area contributed by atoms with Crippen LogP contribution < -0.4 is 0 Å². The molecule has 0 nitrogen and oxygen atoms in total. The second-order valence-electron chi connectivity index (χ2n) is 6.51. The molecule has 5 rings (SSSR count). The van der Waals surface area contributed by atoms with Gasteiger partial charge in [-0.15, -0.1) is 0 Å². The van der Waals surface area contributed by atoms with Gasteiger partial charge in [0.2, 0.25) is 0 Å². The number of fused-ring (bicyclic) bond motifs is 6. The highest BCUT2D eigenvalue weighted by Crippen LogP contribution is 2.56. The van der Waals surface area contributed by atoms with Crippen LogP contribution in [0.4, 0.5) is 0 Å². The molecule has 0 saturated carbocycles. The van der Waals surface area contributed by atoms with E-state index in [-0.39, 0.29) is 5.41 Å². The van der Waals surface area contributed by atoms with Gasteiger partial charge in [0.05, 0.1) is 0 Å². The smallest absolute Gasteiger partial charge is 0.0296 e. The summed E-state index contributed by atoms with van der Waals surface area (Å²) >= 11 is 5.02. The minimum Gasteiger partial charge on any atom is -0.0619 e. The minimum atomic E-state index is 0.136. The van der Waals surface area contributed by atoms with Gasteiger partial charge >= 0.3 is 0 Å². The molecule has 1 spiro atoms. The maximum Gasteiger partial charge on any atom is 0.0296 e. The van der Waals surface area contributed by atoms with Crippen LogP contribution in [0.3, 0.4) is 0 Å². The van der Waals surface area contributed by atoms with Gasteiger partial charge in [-0.05, 0) is 104 Å². The zero-order valence-corrected chi connectivity index (χ0v) is 16.8. The molecule has 0 fully saturated rings. The van der Waals surface area contributed by atoms with Gasteiger partial charge in [0.1, 0.15) is 0 Å². The number of benzene rings is 3. The fraction of sp³-hybridized carbons (Fsp3) is 0.143. The van der Waals surface area contributed by atoms with Gasteiger partial charge in [-0.1, -0.05) is 48.5 Å². The second-order valence-corrected chi connectivity index (χ2v) is 8.84. The fourth-order valence-corrected chi connectivity index (χ4v) is 5.87. The molecule has 0 N–H and O–H groups in total. The molecule has 0 atom stereocenters. The van der Waals surface area contributed by atoms with Gasteiger partial charge in [-0.3, -0.25) is 0 Å². The zero-order chi connectivity index (χ0) is 15.6. The van der Waals surface area contributed by atoms with Gasteiger partial charge in [0.15, 0.2) is 0 Å². The molecule has 112 valence electrons. The number of rotatable bonds is 0. The van der Waals surface area contributed by atoms with Crippen molar-refractivity contribution in [3.63, 3.8) is 0 Å². The van der Waals surface area contributed by atoms with E-state index in [0.29, 0.717) is 0 Å². The van der Waals surface area contributed by atoms with Crippen molar-refractivity contribution >= 4 is 45.2 Å². The first-order valence-corrected chi connectivity index (χ1v) is 10.0. The van der Waals surface area contributed by atoms with Crippen molar-refractivity contribution in [1.29, 1.82) is 0 Å². The average Bonchev–Trinajstić information content (AvgIpc) is 3.12. The van der Waals surface area contributed by atoms with Crippen molar-refractivity contribution < 1.29 is 0 Å². The summed E-state index contributed by atoms with van der Waals surface area (Å²) in [6.07, 6.45) is 2.26. The summed E-state index contributed by atoms with van der Waals surface area (Å²) in [6.45, 7) is 0. The third-order valence-corrected chi connectivity index (χ3v) is 7.47. The molecule has 0 amide bonds. The lowest BCUT2D eigenvalue weighted by molar-refractivity contribution is 0.562. The zero-order valence-electron chi connectivity index (χ0n) is 12.4. The predicted octanol–water partition coefficient (Wildman–Crippen LogP) is 5.96. The van der Waals surface area contributed by atoms with Crippen molar-refractivity contribution in [2.24, 2.45) is 0 Å². The highest BCUT2D eigenvalue weighted by atomic mass is 127. The number of halogens is 2. The normalized spacial score (nSPS) is 16.3. The third-order valence-electron chi connectivity index (χ3n) is 5.45. The van der Waals surface area contributed by atoms with Gasteiger partial charge in [-0.2, -0.15) is 0 Å². The second kappa shape index (κ2) is 5.06. The molecule has 2 heteroatoms. The van der Waals surface area contributed by atoms with Crippen LogP contribution in [-0.2, 0) is 18.3 Å². The molecular weight excluding hydrogens is 506 g/mol. The van der Waals surface area contributed by atoms with Gasteiger partial charge < -0.3 is 0 Å². The monoisotopic (exact) mass is 520 g/mol. The molecule has 0 unspecified atom stereocenters. The topological polar surface area (TPSA) is 0 Å². The molecule has 2 aliphatic carbocycles. The van der Waals surface area contributed by atoms with Crippen LogP contribution in [0.2, 0.25) is 0 Å². The molecule has 0 aromatic heterocycles. The molecular formula is C21H14I2. The lowest BCUT2D eigenvalue weighted by atomic mass is 9.76. The molecule has 3 aromatic rings. The summed E-state index contributed by atoms with van der Waals surface area (Å²) in [5, 5.41) is 0. The molecule has 2 aliphatic rings. The minimum absolute atomic E-state index is 0.136. The highest BCUT2D eigenvalue weighted by molar-refractivity contribution is 14.1. The summed E-state index contributed by atoms with van der Waals surface area (Å²) in [4.78, 5) is 0.